The van der Waals surface area contributed by atoms with Crippen molar-refractivity contribution >= 4 is 0 Å². The highest BCUT2D eigenvalue weighted by molar-refractivity contribution is 5.39. The molecule has 0 spiro atoms. The molecule has 0 fully saturated rings. The van der Waals surface area contributed by atoms with Gasteiger partial charge in [-0.2, -0.15) is 0 Å². The molecule has 0 aliphatic carbocycles. The summed E-state index contributed by atoms with van der Waals surface area (Å²) in [4.78, 5) is 0. The standard InChI is InChI=1S/C14H23NO/c1-11-7-6-8-12(2)13(11)16-10-9-15-14(3,4)5/h6-8,15H,9-10H2,1-5H3/p+1. The van der Waals surface area contributed by atoms with Crippen molar-refractivity contribution in [3.8, 4) is 5.75 Å². The monoisotopic (exact) mass is 222 g/mol. The number of para-hydroxylation sites is 1. The van der Waals surface area contributed by atoms with Crippen molar-refractivity contribution in [2.45, 2.75) is 40.2 Å². The summed E-state index contributed by atoms with van der Waals surface area (Å²) in [7, 11) is 0. The lowest BCUT2D eigenvalue weighted by molar-refractivity contribution is -0.717. The summed E-state index contributed by atoms with van der Waals surface area (Å²) < 4.78 is 5.83. The van der Waals surface area contributed by atoms with Crippen molar-refractivity contribution in [1.82, 2.24) is 0 Å². The van der Waals surface area contributed by atoms with Crippen LogP contribution in [0.3, 0.4) is 0 Å². The number of hydrogen-bond donors (Lipinski definition) is 1. The van der Waals surface area contributed by atoms with Crippen molar-refractivity contribution in [2.24, 2.45) is 0 Å². The van der Waals surface area contributed by atoms with Crippen molar-refractivity contribution in [2.75, 3.05) is 13.2 Å². The van der Waals surface area contributed by atoms with E-state index in [1.807, 2.05) is 0 Å². The van der Waals surface area contributed by atoms with E-state index in [2.05, 4.69) is 58.1 Å². The van der Waals surface area contributed by atoms with Crippen LogP contribution in [0.5, 0.6) is 5.75 Å². The van der Waals surface area contributed by atoms with E-state index in [9.17, 15) is 0 Å². The van der Waals surface area contributed by atoms with E-state index < -0.39 is 0 Å². The van der Waals surface area contributed by atoms with Crippen LogP contribution in [0.4, 0.5) is 0 Å². The quantitative estimate of drug-likeness (QED) is 0.775. The number of aryl methyl sites for hydroxylation is 2. The molecular weight excluding hydrogens is 198 g/mol. The molecule has 0 saturated heterocycles. The van der Waals surface area contributed by atoms with Crippen LogP contribution in [0.15, 0.2) is 18.2 Å². The number of benzene rings is 1. The Balaban J connectivity index is 2.43. The largest absolute Gasteiger partial charge is 0.487 e. The summed E-state index contributed by atoms with van der Waals surface area (Å²) in [5.41, 5.74) is 2.72. The molecule has 1 aromatic rings. The molecule has 90 valence electrons. The first-order chi connectivity index (χ1) is 7.40. The Labute approximate surface area is 99.0 Å². The van der Waals surface area contributed by atoms with Crippen molar-refractivity contribution in [3.05, 3.63) is 29.3 Å². The maximum atomic E-state index is 5.83. The third kappa shape index (κ3) is 4.23. The molecule has 1 rings (SSSR count). The molecule has 0 unspecified atom stereocenters. The fourth-order valence-corrected chi connectivity index (χ4v) is 1.68. The van der Waals surface area contributed by atoms with Crippen LogP contribution in [0.2, 0.25) is 0 Å². The third-order valence-corrected chi connectivity index (χ3v) is 2.53. The van der Waals surface area contributed by atoms with E-state index in [4.69, 9.17) is 4.74 Å². The Hall–Kier alpha value is -1.02. The summed E-state index contributed by atoms with van der Waals surface area (Å²) in [6.07, 6.45) is 0. The van der Waals surface area contributed by atoms with Gasteiger partial charge in [0.15, 0.2) is 0 Å². The van der Waals surface area contributed by atoms with Crippen molar-refractivity contribution in [1.29, 1.82) is 0 Å². The number of hydrogen-bond acceptors (Lipinski definition) is 1. The van der Waals surface area contributed by atoms with Crippen LogP contribution >= 0.6 is 0 Å². The molecule has 0 radical (unpaired) electrons. The minimum Gasteiger partial charge on any atom is -0.487 e. The molecular formula is C14H24NO+. The Kier molecular flexibility index (Phi) is 4.36. The second-order valence-electron chi connectivity index (χ2n) is 5.43. The maximum absolute atomic E-state index is 5.83. The fraction of sp³-hybridized carbons (Fsp3) is 0.571. The molecule has 0 saturated carbocycles. The smallest absolute Gasteiger partial charge is 0.137 e. The topological polar surface area (TPSA) is 25.8 Å². The summed E-state index contributed by atoms with van der Waals surface area (Å²) >= 11 is 0. The van der Waals surface area contributed by atoms with Crippen molar-refractivity contribution < 1.29 is 10.1 Å². The van der Waals surface area contributed by atoms with Crippen molar-refractivity contribution in [3.63, 3.8) is 0 Å². The molecule has 2 heteroatoms. The highest BCUT2D eigenvalue weighted by atomic mass is 16.5. The number of nitrogens with two attached hydrogens (primary N) is 1. The van der Waals surface area contributed by atoms with Crippen LogP contribution in [0.1, 0.15) is 31.9 Å². The molecule has 0 bridgehead atoms. The van der Waals surface area contributed by atoms with Gasteiger partial charge in [-0.25, -0.2) is 0 Å². The minimum atomic E-state index is 0.282. The average Bonchev–Trinajstić information content (AvgIpc) is 2.14. The first-order valence-corrected chi connectivity index (χ1v) is 5.93. The molecule has 0 aliphatic heterocycles. The van der Waals surface area contributed by atoms with E-state index in [1.54, 1.807) is 0 Å². The van der Waals surface area contributed by atoms with E-state index in [1.165, 1.54) is 11.1 Å². The Bertz CT molecular complexity index is 319. The average molecular weight is 222 g/mol. The van der Waals surface area contributed by atoms with Gasteiger partial charge in [0, 0.05) is 0 Å². The van der Waals surface area contributed by atoms with E-state index >= 15 is 0 Å². The lowest BCUT2D eigenvalue weighted by Gasteiger charge is -2.17. The molecule has 16 heavy (non-hydrogen) atoms. The van der Waals surface area contributed by atoms with Gasteiger partial charge in [-0.05, 0) is 45.7 Å². The maximum Gasteiger partial charge on any atom is 0.137 e. The van der Waals surface area contributed by atoms with E-state index in [0.29, 0.717) is 0 Å². The lowest BCUT2D eigenvalue weighted by Crippen LogP contribution is -2.95. The summed E-state index contributed by atoms with van der Waals surface area (Å²) in [5, 5.41) is 2.31. The van der Waals surface area contributed by atoms with Gasteiger partial charge in [-0.3, -0.25) is 0 Å². The second kappa shape index (κ2) is 5.35. The first-order valence-electron chi connectivity index (χ1n) is 5.93. The lowest BCUT2D eigenvalue weighted by atomic mass is 10.1. The molecule has 0 atom stereocenters. The number of quaternary nitrogens is 1. The predicted octanol–water partition coefficient (Wildman–Crippen LogP) is 2.04. The number of ether oxygens (including phenoxy) is 1. The molecule has 0 amide bonds. The van der Waals surface area contributed by atoms with E-state index in [-0.39, 0.29) is 5.54 Å². The van der Waals surface area contributed by atoms with Gasteiger partial charge >= 0.3 is 0 Å². The van der Waals surface area contributed by atoms with Gasteiger partial charge < -0.3 is 10.1 Å². The molecule has 0 aliphatic rings. The Morgan fingerprint density at radius 1 is 1.12 bits per heavy atom. The summed E-state index contributed by atoms with van der Waals surface area (Å²) in [6, 6.07) is 6.25. The number of rotatable bonds is 4. The predicted molar refractivity (Wildman–Crippen MR) is 68.0 cm³/mol. The Morgan fingerprint density at radius 2 is 1.69 bits per heavy atom. The van der Waals surface area contributed by atoms with Crippen LogP contribution in [-0.2, 0) is 0 Å². The summed E-state index contributed by atoms with van der Waals surface area (Å²) in [5.74, 6) is 1.05. The van der Waals surface area contributed by atoms with Gasteiger partial charge in [0.25, 0.3) is 0 Å². The minimum absolute atomic E-state index is 0.282. The first kappa shape index (κ1) is 13.0. The van der Waals surface area contributed by atoms with Gasteiger partial charge in [-0.15, -0.1) is 0 Å². The van der Waals surface area contributed by atoms with E-state index in [0.717, 1.165) is 18.9 Å². The SMILES string of the molecule is Cc1cccc(C)c1OCC[NH2+]C(C)(C)C. The van der Waals surface area contributed by atoms with Gasteiger partial charge in [0.1, 0.15) is 18.9 Å². The summed E-state index contributed by atoms with van der Waals surface area (Å²) in [6.45, 7) is 12.6. The molecule has 0 heterocycles. The molecule has 2 N–H and O–H groups in total. The fourth-order valence-electron chi connectivity index (χ4n) is 1.68. The molecule has 1 aromatic carbocycles. The highest BCUT2D eigenvalue weighted by Crippen LogP contribution is 2.21. The normalized spacial score (nSPS) is 11.6. The van der Waals surface area contributed by atoms with Gasteiger partial charge in [0.05, 0.1) is 5.54 Å². The second-order valence-corrected chi connectivity index (χ2v) is 5.43. The zero-order chi connectivity index (χ0) is 12.2. The van der Waals surface area contributed by atoms with Crippen LogP contribution < -0.4 is 10.1 Å². The molecule has 0 aromatic heterocycles. The van der Waals surface area contributed by atoms with Crippen LogP contribution in [0.25, 0.3) is 0 Å². The van der Waals surface area contributed by atoms with Crippen LogP contribution in [-0.4, -0.2) is 18.7 Å². The third-order valence-electron chi connectivity index (χ3n) is 2.53. The van der Waals surface area contributed by atoms with Gasteiger partial charge in [0.2, 0.25) is 0 Å². The zero-order valence-corrected chi connectivity index (χ0v) is 11.1. The zero-order valence-electron chi connectivity index (χ0n) is 11.1. The molecule has 2 nitrogen and oxygen atoms in total. The van der Waals surface area contributed by atoms with Gasteiger partial charge in [-0.1, -0.05) is 18.2 Å². The Morgan fingerprint density at radius 3 is 2.19 bits per heavy atom. The highest BCUT2D eigenvalue weighted by Gasteiger charge is 2.12. The van der Waals surface area contributed by atoms with Crippen LogP contribution in [0, 0.1) is 13.8 Å².